The Kier molecular flexibility index (Phi) is 3.95. The Morgan fingerprint density at radius 3 is 2.56 bits per heavy atom. The highest BCUT2D eigenvalue weighted by Crippen LogP contribution is 2.33. The number of nitrogens with one attached hydrogen (secondary N) is 2. The van der Waals surface area contributed by atoms with E-state index in [0.29, 0.717) is 24.1 Å². The lowest BCUT2D eigenvalue weighted by atomic mass is 10.1. The lowest BCUT2D eigenvalue weighted by molar-refractivity contribution is -0.136. The molecule has 1 aromatic rings. The van der Waals surface area contributed by atoms with Crippen molar-refractivity contribution in [2.24, 2.45) is 5.92 Å². The quantitative estimate of drug-likeness (QED) is 0.751. The van der Waals surface area contributed by atoms with Crippen LogP contribution in [0.2, 0.25) is 0 Å². The fourth-order valence-corrected chi connectivity index (χ4v) is 3.10. The molecule has 1 saturated heterocycles. The summed E-state index contributed by atoms with van der Waals surface area (Å²) in [6.07, 6.45) is 1.37. The van der Waals surface area contributed by atoms with E-state index < -0.39 is 17.9 Å². The largest absolute Gasteiger partial charge is 0.485 e. The van der Waals surface area contributed by atoms with Gasteiger partial charge in [0, 0.05) is 19.0 Å². The lowest BCUT2D eigenvalue weighted by Crippen LogP contribution is -2.52. The van der Waals surface area contributed by atoms with Gasteiger partial charge in [0.25, 0.3) is 5.91 Å². The molecule has 132 valence electrons. The van der Waals surface area contributed by atoms with Gasteiger partial charge < -0.3 is 14.4 Å². The van der Waals surface area contributed by atoms with Crippen molar-refractivity contribution >= 4 is 17.7 Å². The van der Waals surface area contributed by atoms with Crippen molar-refractivity contribution in [2.75, 3.05) is 13.2 Å². The van der Waals surface area contributed by atoms with Gasteiger partial charge in [-0.2, -0.15) is 0 Å². The average molecular weight is 345 g/mol. The third-order valence-electron chi connectivity index (χ3n) is 4.63. The molecule has 2 aliphatic heterocycles. The first-order chi connectivity index (χ1) is 12.1. The monoisotopic (exact) mass is 345 g/mol. The second-order valence-electron chi connectivity index (χ2n) is 6.52. The zero-order chi connectivity index (χ0) is 17.4. The standard InChI is InChI=1S/C17H19N3O5/c21-15-7-10(8-20(15)11-5-6-11)16(22)18-19-17(23)14-9-24-12-3-1-2-4-13(12)25-14/h1-4,10-11,14H,5-9H2,(H,18,22)(H,19,23)/t10-,14-/m0/s1. The van der Waals surface area contributed by atoms with Crippen molar-refractivity contribution in [3.63, 3.8) is 0 Å². The molecule has 0 bridgehead atoms. The molecule has 0 radical (unpaired) electrons. The van der Waals surface area contributed by atoms with Crippen LogP contribution in [0.5, 0.6) is 11.5 Å². The van der Waals surface area contributed by atoms with Crippen molar-refractivity contribution in [1.29, 1.82) is 0 Å². The first-order valence-corrected chi connectivity index (χ1v) is 8.39. The van der Waals surface area contributed by atoms with E-state index in [1.807, 2.05) is 6.07 Å². The summed E-state index contributed by atoms with van der Waals surface area (Å²) in [6.45, 7) is 0.484. The van der Waals surface area contributed by atoms with E-state index in [4.69, 9.17) is 9.47 Å². The highest BCUT2D eigenvalue weighted by atomic mass is 16.6. The molecule has 1 aliphatic carbocycles. The van der Waals surface area contributed by atoms with E-state index in [0.717, 1.165) is 12.8 Å². The molecular formula is C17H19N3O5. The summed E-state index contributed by atoms with van der Waals surface area (Å²) < 4.78 is 11.0. The molecule has 25 heavy (non-hydrogen) atoms. The molecule has 8 nitrogen and oxygen atoms in total. The van der Waals surface area contributed by atoms with Crippen molar-refractivity contribution in [3.8, 4) is 11.5 Å². The fourth-order valence-electron chi connectivity index (χ4n) is 3.10. The molecule has 2 N–H and O–H groups in total. The molecule has 4 rings (SSSR count). The molecule has 2 heterocycles. The van der Waals surface area contributed by atoms with Gasteiger partial charge >= 0.3 is 0 Å². The Hall–Kier alpha value is -2.77. The number of nitrogens with zero attached hydrogens (tertiary/aromatic N) is 1. The summed E-state index contributed by atoms with van der Waals surface area (Å²) in [5, 5.41) is 0. The Morgan fingerprint density at radius 2 is 1.80 bits per heavy atom. The van der Waals surface area contributed by atoms with Crippen LogP contribution in [-0.2, 0) is 14.4 Å². The molecule has 2 fully saturated rings. The second-order valence-corrected chi connectivity index (χ2v) is 6.52. The minimum atomic E-state index is -0.844. The summed E-state index contributed by atoms with van der Waals surface area (Å²) in [6, 6.07) is 7.37. The van der Waals surface area contributed by atoms with Crippen LogP contribution in [0.3, 0.4) is 0 Å². The number of carbonyl (C=O) groups excluding carboxylic acids is 3. The van der Waals surface area contributed by atoms with Gasteiger partial charge in [0.15, 0.2) is 11.5 Å². The van der Waals surface area contributed by atoms with Gasteiger partial charge in [0.1, 0.15) is 6.61 Å². The predicted octanol–water partition coefficient (Wildman–Crippen LogP) is -0.0153. The van der Waals surface area contributed by atoms with Crippen molar-refractivity contribution in [3.05, 3.63) is 24.3 Å². The Balaban J connectivity index is 1.28. The van der Waals surface area contributed by atoms with Gasteiger partial charge in [-0.05, 0) is 25.0 Å². The van der Waals surface area contributed by atoms with Gasteiger partial charge in [0.2, 0.25) is 17.9 Å². The maximum Gasteiger partial charge on any atom is 0.283 e. The molecule has 8 heteroatoms. The maximum absolute atomic E-state index is 12.2. The maximum atomic E-state index is 12.2. The Morgan fingerprint density at radius 1 is 1.08 bits per heavy atom. The predicted molar refractivity (Wildman–Crippen MR) is 85.5 cm³/mol. The number of hydrazine groups is 1. The van der Waals surface area contributed by atoms with Crippen molar-refractivity contribution in [1.82, 2.24) is 15.8 Å². The Bertz CT molecular complexity index is 718. The third kappa shape index (κ3) is 3.24. The first-order valence-electron chi connectivity index (χ1n) is 8.39. The van der Waals surface area contributed by atoms with E-state index in [1.165, 1.54) is 0 Å². The number of carbonyl (C=O) groups is 3. The van der Waals surface area contributed by atoms with E-state index >= 15 is 0 Å². The van der Waals surface area contributed by atoms with Gasteiger partial charge in [-0.25, -0.2) is 0 Å². The van der Waals surface area contributed by atoms with E-state index in [1.54, 1.807) is 23.1 Å². The van der Waals surface area contributed by atoms with Gasteiger partial charge in [-0.1, -0.05) is 12.1 Å². The van der Waals surface area contributed by atoms with E-state index in [9.17, 15) is 14.4 Å². The van der Waals surface area contributed by atoms with Crippen LogP contribution in [0.25, 0.3) is 0 Å². The van der Waals surface area contributed by atoms with Crippen LogP contribution < -0.4 is 20.3 Å². The van der Waals surface area contributed by atoms with Crippen LogP contribution in [0.15, 0.2) is 24.3 Å². The summed E-state index contributed by atoms with van der Waals surface area (Å²) in [5.74, 6) is -0.206. The summed E-state index contributed by atoms with van der Waals surface area (Å²) in [5.41, 5.74) is 4.75. The summed E-state index contributed by atoms with van der Waals surface area (Å²) in [4.78, 5) is 38.0. The summed E-state index contributed by atoms with van der Waals surface area (Å²) >= 11 is 0. The minimum Gasteiger partial charge on any atom is -0.485 e. The highest BCUT2D eigenvalue weighted by molar-refractivity contribution is 5.91. The van der Waals surface area contributed by atoms with Gasteiger partial charge in [-0.15, -0.1) is 0 Å². The molecule has 3 amide bonds. The van der Waals surface area contributed by atoms with Crippen LogP contribution in [-0.4, -0.2) is 47.9 Å². The normalized spacial score (nSPS) is 24.8. The van der Waals surface area contributed by atoms with E-state index in [-0.39, 0.29) is 24.8 Å². The van der Waals surface area contributed by atoms with Gasteiger partial charge in [-0.3, -0.25) is 25.2 Å². The van der Waals surface area contributed by atoms with Crippen molar-refractivity contribution in [2.45, 2.75) is 31.4 Å². The smallest absolute Gasteiger partial charge is 0.283 e. The summed E-state index contributed by atoms with van der Waals surface area (Å²) in [7, 11) is 0. The highest BCUT2D eigenvalue weighted by Gasteiger charge is 2.42. The number of rotatable bonds is 3. The molecule has 0 unspecified atom stereocenters. The molecular weight excluding hydrogens is 326 g/mol. The average Bonchev–Trinajstić information content (AvgIpc) is 3.40. The fraction of sp³-hybridized carbons (Fsp3) is 0.471. The second kappa shape index (κ2) is 6.27. The van der Waals surface area contributed by atoms with Crippen LogP contribution in [0, 0.1) is 5.92 Å². The zero-order valence-electron chi connectivity index (χ0n) is 13.6. The molecule has 3 aliphatic rings. The first kappa shape index (κ1) is 15.7. The van der Waals surface area contributed by atoms with Crippen LogP contribution >= 0.6 is 0 Å². The number of para-hydroxylation sites is 2. The molecule has 0 spiro atoms. The van der Waals surface area contributed by atoms with E-state index in [2.05, 4.69) is 10.9 Å². The molecule has 1 aromatic carbocycles. The van der Waals surface area contributed by atoms with Crippen LogP contribution in [0.1, 0.15) is 19.3 Å². The topological polar surface area (TPSA) is 97.0 Å². The Labute approximate surface area is 144 Å². The molecule has 0 aromatic heterocycles. The number of hydrogen-bond donors (Lipinski definition) is 2. The minimum absolute atomic E-state index is 0.00889. The number of hydrogen-bond acceptors (Lipinski definition) is 5. The molecule has 1 saturated carbocycles. The van der Waals surface area contributed by atoms with Gasteiger partial charge in [0.05, 0.1) is 5.92 Å². The number of amides is 3. The number of ether oxygens (including phenoxy) is 2. The number of likely N-dealkylation sites (tertiary alicyclic amines) is 1. The third-order valence-corrected chi connectivity index (χ3v) is 4.63. The zero-order valence-corrected chi connectivity index (χ0v) is 13.6. The van der Waals surface area contributed by atoms with Crippen LogP contribution in [0.4, 0.5) is 0 Å². The van der Waals surface area contributed by atoms with Crippen molar-refractivity contribution < 1.29 is 23.9 Å². The number of benzene rings is 1. The SMILES string of the molecule is O=C(NNC(=O)[C@@H]1COc2ccccc2O1)[C@H]1CC(=O)N(C2CC2)C1. The number of fused-ring (bicyclic) bond motifs is 1. The molecule has 2 atom stereocenters. The lowest BCUT2D eigenvalue weighted by Gasteiger charge is -2.25.